The van der Waals surface area contributed by atoms with Gasteiger partial charge in [-0.3, -0.25) is 9.69 Å². The standard InChI is InChI=1S/C17H24N2O4/c1-2-19-14-11-13(3-4-16(14)23-12-17(19)21)15(20)5-6-18-7-9-22-10-8-18/h3-4,11,15,20H,2,5-10,12H2,1H3. The first-order valence-electron chi connectivity index (χ1n) is 8.24. The second kappa shape index (κ2) is 7.29. The van der Waals surface area contributed by atoms with E-state index in [1.807, 2.05) is 25.1 Å². The zero-order valence-electron chi connectivity index (χ0n) is 13.5. The molecule has 1 atom stereocenters. The van der Waals surface area contributed by atoms with Crippen LogP contribution >= 0.6 is 0 Å². The van der Waals surface area contributed by atoms with E-state index in [2.05, 4.69) is 4.90 Å². The average molecular weight is 320 g/mol. The predicted octanol–water partition coefficient (Wildman–Crippen LogP) is 1.19. The molecule has 2 aliphatic heterocycles. The molecule has 0 bridgehead atoms. The second-order valence-electron chi connectivity index (χ2n) is 5.91. The van der Waals surface area contributed by atoms with Gasteiger partial charge in [0.2, 0.25) is 0 Å². The molecule has 0 radical (unpaired) electrons. The van der Waals surface area contributed by atoms with E-state index in [9.17, 15) is 9.90 Å². The van der Waals surface area contributed by atoms with Crippen LogP contribution < -0.4 is 9.64 Å². The van der Waals surface area contributed by atoms with Crippen LogP contribution in [0.4, 0.5) is 5.69 Å². The van der Waals surface area contributed by atoms with Crippen molar-refractivity contribution in [3.05, 3.63) is 23.8 Å². The average Bonchev–Trinajstić information content (AvgIpc) is 2.60. The molecular formula is C17H24N2O4. The molecule has 2 heterocycles. The van der Waals surface area contributed by atoms with Crippen LogP contribution in [-0.4, -0.2) is 61.9 Å². The van der Waals surface area contributed by atoms with E-state index in [1.165, 1.54) is 0 Å². The van der Waals surface area contributed by atoms with Crippen molar-refractivity contribution in [2.45, 2.75) is 19.4 Å². The first-order valence-corrected chi connectivity index (χ1v) is 8.24. The highest BCUT2D eigenvalue weighted by atomic mass is 16.5. The summed E-state index contributed by atoms with van der Waals surface area (Å²) in [6, 6.07) is 5.60. The Morgan fingerprint density at radius 2 is 2.09 bits per heavy atom. The number of aliphatic hydroxyl groups excluding tert-OH is 1. The zero-order chi connectivity index (χ0) is 16.2. The Hall–Kier alpha value is -1.63. The van der Waals surface area contributed by atoms with Crippen LogP contribution in [-0.2, 0) is 9.53 Å². The number of aliphatic hydroxyl groups is 1. The largest absolute Gasteiger partial charge is 0.482 e. The summed E-state index contributed by atoms with van der Waals surface area (Å²) < 4.78 is 10.8. The van der Waals surface area contributed by atoms with Gasteiger partial charge in [-0.25, -0.2) is 0 Å². The van der Waals surface area contributed by atoms with E-state index in [0.717, 1.165) is 44.1 Å². The fourth-order valence-corrected chi connectivity index (χ4v) is 3.07. The van der Waals surface area contributed by atoms with Crippen LogP contribution in [0.2, 0.25) is 0 Å². The summed E-state index contributed by atoms with van der Waals surface area (Å²) >= 11 is 0. The van der Waals surface area contributed by atoms with Gasteiger partial charge < -0.3 is 19.5 Å². The molecule has 1 saturated heterocycles. The minimum atomic E-state index is -0.543. The number of morpholine rings is 1. The van der Waals surface area contributed by atoms with Crippen molar-refractivity contribution in [3.8, 4) is 5.75 Å². The number of hydrogen-bond donors (Lipinski definition) is 1. The third kappa shape index (κ3) is 3.65. The monoisotopic (exact) mass is 320 g/mol. The van der Waals surface area contributed by atoms with Crippen LogP contribution in [0.15, 0.2) is 18.2 Å². The smallest absolute Gasteiger partial charge is 0.265 e. The first kappa shape index (κ1) is 16.2. The fraction of sp³-hybridized carbons (Fsp3) is 0.588. The molecule has 0 saturated carbocycles. The molecule has 1 unspecified atom stereocenters. The fourth-order valence-electron chi connectivity index (χ4n) is 3.07. The lowest BCUT2D eigenvalue weighted by Gasteiger charge is -2.30. The Morgan fingerprint density at radius 1 is 1.30 bits per heavy atom. The highest BCUT2D eigenvalue weighted by Gasteiger charge is 2.25. The molecule has 1 fully saturated rings. The SMILES string of the molecule is CCN1C(=O)COc2ccc(C(O)CCN3CCOCC3)cc21. The van der Waals surface area contributed by atoms with E-state index in [4.69, 9.17) is 9.47 Å². The number of carbonyl (C=O) groups is 1. The van der Waals surface area contributed by atoms with E-state index in [-0.39, 0.29) is 12.5 Å². The van der Waals surface area contributed by atoms with Gasteiger partial charge in [0, 0.05) is 26.2 Å². The number of hydrogen-bond acceptors (Lipinski definition) is 5. The van der Waals surface area contributed by atoms with Gasteiger partial charge in [-0.05, 0) is 31.0 Å². The number of nitrogens with zero attached hydrogens (tertiary/aromatic N) is 2. The van der Waals surface area contributed by atoms with E-state index in [1.54, 1.807) is 4.90 Å². The van der Waals surface area contributed by atoms with Gasteiger partial charge in [-0.2, -0.15) is 0 Å². The zero-order valence-corrected chi connectivity index (χ0v) is 13.5. The van der Waals surface area contributed by atoms with Gasteiger partial charge in [0.25, 0.3) is 5.91 Å². The van der Waals surface area contributed by atoms with Crippen molar-refractivity contribution in [2.24, 2.45) is 0 Å². The first-order chi connectivity index (χ1) is 11.2. The lowest BCUT2D eigenvalue weighted by Crippen LogP contribution is -2.38. The van der Waals surface area contributed by atoms with Crippen molar-refractivity contribution in [2.75, 3.05) is 50.9 Å². The lowest BCUT2D eigenvalue weighted by atomic mass is 10.0. The molecule has 0 aromatic heterocycles. The van der Waals surface area contributed by atoms with Crippen LogP contribution in [0.5, 0.6) is 5.75 Å². The Labute approximate surface area is 136 Å². The number of carbonyl (C=O) groups excluding carboxylic acids is 1. The molecule has 0 aliphatic carbocycles. The summed E-state index contributed by atoms with van der Waals surface area (Å²) in [5, 5.41) is 10.5. The molecule has 3 rings (SSSR count). The molecular weight excluding hydrogens is 296 g/mol. The van der Waals surface area contributed by atoms with Crippen molar-refractivity contribution < 1.29 is 19.4 Å². The van der Waals surface area contributed by atoms with E-state index >= 15 is 0 Å². The van der Waals surface area contributed by atoms with Crippen LogP contribution in [0, 0.1) is 0 Å². The van der Waals surface area contributed by atoms with Gasteiger partial charge in [0.15, 0.2) is 6.61 Å². The van der Waals surface area contributed by atoms with Gasteiger partial charge in [0.05, 0.1) is 25.0 Å². The Kier molecular flexibility index (Phi) is 5.15. The summed E-state index contributed by atoms with van der Waals surface area (Å²) in [4.78, 5) is 15.9. The Morgan fingerprint density at radius 3 is 2.83 bits per heavy atom. The van der Waals surface area contributed by atoms with Crippen LogP contribution in [0.25, 0.3) is 0 Å². The maximum atomic E-state index is 11.9. The molecule has 0 spiro atoms. The number of benzene rings is 1. The molecule has 1 aromatic carbocycles. The maximum Gasteiger partial charge on any atom is 0.265 e. The molecule has 2 aliphatic rings. The summed E-state index contributed by atoms with van der Waals surface area (Å²) in [6.45, 7) is 6.83. The minimum Gasteiger partial charge on any atom is -0.482 e. The molecule has 1 aromatic rings. The minimum absolute atomic E-state index is 0.0417. The van der Waals surface area contributed by atoms with Gasteiger partial charge >= 0.3 is 0 Å². The van der Waals surface area contributed by atoms with E-state index < -0.39 is 6.10 Å². The topological polar surface area (TPSA) is 62.2 Å². The van der Waals surface area contributed by atoms with Gasteiger partial charge in [0.1, 0.15) is 5.75 Å². The van der Waals surface area contributed by atoms with Crippen molar-refractivity contribution >= 4 is 11.6 Å². The van der Waals surface area contributed by atoms with Gasteiger partial charge in [-0.1, -0.05) is 6.07 Å². The third-order valence-corrected chi connectivity index (χ3v) is 4.45. The number of likely N-dealkylation sites (N-methyl/N-ethyl adjacent to an activating group) is 1. The maximum absolute atomic E-state index is 11.9. The summed E-state index contributed by atoms with van der Waals surface area (Å²) in [6.07, 6.45) is 0.124. The summed E-state index contributed by atoms with van der Waals surface area (Å²) in [5.41, 5.74) is 1.58. The number of fused-ring (bicyclic) bond motifs is 1. The van der Waals surface area contributed by atoms with Crippen molar-refractivity contribution in [1.29, 1.82) is 0 Å². The molecule has 1 N–H and O–H groups in total. The van der Waals surface area contributed by atoms with Crippen LogP contribution in [0.1, 0.15) is 25.0 Å². The summed E-state index contributed by atoms with van der Waals surface area (Å²) in [7, 11) is 0. The van der Waals surface area contributed by atoms with Gasteiger partial charge in [-0.15, -0.1) is 0 Å². The molecule has 126 valence electrons. The number of rotatable bonds is 5. The number of amides is 1. The number of anilines is 1. The Balaban J connectivity index is 1.67. The van der Waals surface area contributed by atoms with Crippen molar-refractivity contribution in [3.63, 3.8) is 0 Å². The lowest BCUT2D eigenvalue weighted by molar-refractivity contribution is -0.121. The normalized spacial score (nSPS) is 20.1. The quantitative estimate of drug-likeness (QED) is 0.883. The highest BCUT2D eigenvalue weighted by Crippen LogP contribution is 2.34. The third-order valence-electron chi connectivity index (χ3n) is 4.45. The molecule has 1 amide bonds. The second-order valence-corrected chi connectivity index (χ2v) is 5.91. The molecule has 6 nitrogen and oxygen atoms in total. The van der Waals surface area contributed by atoms with Crippen molar-refractivity contribution in [1.82, 2.24) is 4.90 Å². The summed E-state index contributed by atoms with van der Waals surface area (Å²) in [5.74, 6) is 0.663. The number of ether oxygens (including phenoxy) is 2. The Bertz CT molecular complexity index is 558. The predicted molar refractivity (Wildman–Crippen MR) is 86.8 cm³/mol. The van der Waals surface area contributed by atoms with Crippen LogP contribution in [0.3, 0.4) is 0 Å². The molecule has 23 heavy (non-hydrogen) atoms. The van der Waals surface area contributed by atoms with E-state index in [0.29, 0.717) is 18.7 Å². The molecule has 6 heteroatoms. The highest BCUT2D eigenvalue weighted by molar-refractivity contribution is 5.97.